The highest BCUT2D eigenvalue weighted by Crippen LogP contribution is 2.28. The molecule has 0 radical (unpaired) electrons. The number of thioether (sulfide) groups is 1. The Hall–Kier alpha value is -4.25. The molecular weight excluding hydrogens is 506 g/mol. The van der Waals surface area contributed by atoms with Crippen molar-refractivity contribution in [3.63, 3.8) is 0 Å². The zero-order chi connectivity index (χ0) is 27.3. The topological polar surface area (TPSA) is 117 Å². The fraction of sp³-hybridized carbons (Fsp3) is 0.259. The van der Waals surface area contributed by atoms with Crippen LogP contribution in [-0.4, -0.2) is 53.2 Å². The number of carbonyl (C=O) groups is 2. The summed E-state index contributed by atoms with van der Waals surface area (Å²) in [5, 5.41) is 14.6. The number of hydrogen-bond donors (Lipinski definition) is 2. The summed E-state index contributed by atoms with van der Waals surface area (Å²) in [4.78, 5) is 25.0. The van der Waals surface area contributed by atoms with Gasteiger partial charge in [0.1, 0.15) is 5.75 Å². The minimum atomic E-state index is -0.297. The zero-order valence-corrected chi connectivity index (χ0v) is 22.4. The molecule has 0 saturated carbocycles. The van der Waals surface area contributed by atoms with Gasteiger partial charge in [-0.3, -0.25) is 9.59 Å². The predicted octanol–water partition coefficient (Wildman–Crippen LogP) is 3.94. The van der Waals surface area contributed by atoms with Gasteiger partial charge in [-0.05, 0) is 42.8 Å². The summed E-state index contributed by atoms with van der Waals surface area (Å²) in [6.45, 7) is 6.75. The molecule has 0 saturated heterocycles. The lowest BCUT2D eigenvalue weighted by Crippen LogP contribution is -2.23. The lowest BCUT2D eigenvalue weighted by molar-refractivity contribution is -0.116. The van der Waals surface area contributed by atoms with E-state index in [1.165, 1.54) is 17.8 Å². The monoisotopic (exact) mass is 537 g/mol. The third-order valence-corrected chi connectivity index (χ3v) is 6.12. The van der Waals surface area contributed by atoms with Crippen molar-refractivity contribution in [2.45, 2.75) is 25.2 Å². The van der Waals surface area contributed by atoms with Gasteiger partial charge in [-0.1, -0.05) is 36.0 Å². The number of amides is 2. The maximum atomic E-state index is 12.6. The van der Waals surface area contributed by atoms with Crippen molar-refractivity contribution in [2.75, 3.05) is 31.9 Å². The van der Waals surface area contributed by atoms with Crippen LogP contribution in [0.15, 0.2) is 66.4 Å². The number of rotatable bonds is 14. The first-order chi connectivity index (χ1) is 18.5. The van der Waals surface area contributed by atoms with Gasteiger partial charge in [0.25, 0.3) is 0 Å². The number of benzene rings is 2. The van der Waals surface area contributed by atoms with Gasteiger partial charge >= 0.3 is 0 Å². The van der Waals surface area contributed by atoms with Crippen molar-refractivity contribution in [2.24, 2.45) is 0 Å². The summed E-state index contributed by atoms with van der Waals surface area (Å²) < 4.78 is 17.9. The van der Waals surface area contributed by atoms with Gasteiger partial charge in [0.2, 0.25) is 11.8 Å². The summed E-state index contributed by atoms with van der Waals surface area (Å²) in [5.41, 5.74) is 1.39. The van der Waals surface area contributed by atoms with Crippen LogP contribution >= 0.6 is 11.8 Å². The Bertz CT molecular complexity index is 1290. The minimum absolute atomic E-state index is 0.121. The average molecular weight is 538 g/mol. The predicted molar refractivity (Wildman–Crippen MR) is 148 cm³/mol. The van der Waals surface area contributed by atoms with Crippen LogP contribution in [0, 0.1) is 0 Å². The molecule has 3 rings (SSSR count). The van der Waals surface area contributed by atoms with Gasteiger partial charge in [-0.15, -0.1) is 16.8 Å². The van der Waals surface area contributed by atoms with Crippen molar-refractivity contribution in [3.8, 4) is 17.2 Å². The number of methoxy groups -OCH3 is 2. The van der Waals surface area contributed by atoms with Gasteiger partial charge in [0, 0.05) is 12.6 Å². The van der Waals surface area contributed by atoms with Crippen LogP contribution in [0.4, 0.5) is 5.69 Å². The van der Waals surface area contributed by atoms with Crippen LogP contribution in [0.25, 0.3) is 6.08 Å². The summed E-state index contributed by atoms with van der Waals surface area (Å²) in [6, 6.07) is 12.6. The van der Waals surface area contributed by atoms with E-state index in [1.807, 2.05) is 25.1 Å². The minimum Gasteiger partial charge on any atom is -0.493 e. The third-order valence-electron chi connectivity index (χ3n) is 5.15. The van der Waals surface area contributed by atoms with Crippen molar-refractivity contribution in [1.29, 1.82) is 0 Å². The molecule has 3 aromatic rings. The molecule has 0 aliphatic carbocycles. The van der Waals surface area contributed by atoms with E-state index >= 15 is 0 Å². The van der Waals surface area contributed by atoms with Crippen LogP contribution in [-0.2, 0) is 22.7 Å². The number of nitrogens with one attached hydrogen (secondary N) is 2. The van der Waals surface area contributed by atoms with Gasteiger partial charge in [0.05, 0.1) is 38.8 Å². The number of allylic oxidation sites excluding steroid dienone is 1. The van der Waals surface area contributed by atoms with Crippen LogP contribution < -0.4 is 24.8 Å². The zero-order valence-electron chi connectivity index (χ0n) is 21.6. The molecule has 0 aliphatic rings. The van der Waals surface area contributed by atoms with Crippen LogP contribution in [0.2, 0.25) is 0 Å². The molecule has 0 unspecified atom stereocenters. The van der Waals surface area contributed by atoms with Crippen molar-refractivity contribution in [1.82, 2.24) is 20.1 Å². The number of aromatic nitrogens is 3. The lowest BCUT2D eigenvalue weighted by Gasteiger charge is -2.11. The molecule has 2 N–H and O–H groups in total. The van der Waals surface area contributed by atoms with Gasteiger partial charge in [-0.2, -0.15) is 0 Å². The van der Waals surface area contributed by atoms with E-state index in [9.17, 15) is 9.59 Å². The van der Waals surface area contributed by atoms with E-state index in [2.05, 4.69) is 27.4 Å². The fourth-order valence-electron chi connectivity index (χ4n) is 3.39. The molecule has 0 bridgehead atoms. The molecule has 1 heterocycles. The molecule has 1 aromatic heterocycles. The molecule has 0 atom stereocenters. The first kappa shape index (κ1) is 28.3. The Morgan fingerprint density at radius 1 is 1.08 bits per heavy atom. The average Bonchev–Trinajstić information content (AvgIpc) is 3.32. The summed E-state index contributed by atoms with van der Waals surface area (Å²) in [5.74, 6) is 1.96. The smallest absolute Gasteiger partial charge is 0.244 e. The van der Waals surface area contributed by atoms with Gasteiger partial charge < -0.3 is 29.4 Å². The highest BCUT2D eigenvalue weighted by Gasteiger charge is 2.15. The standard InChI is InChI=1S/C27H31N5O5S/c1-5-15-32-24(17-28-25(33)14-12-19-11-13-22(35-3)23(16-19)36-4)30-31-27(32)38-18-26(34)29-20-9-7-8-10-21(20)37-6-2/h5,7-14,16H,1,6,15,17-18H2,2-4H3,(H,28,33)(H,29,34)/b14-12+. The molecule has 11 heteroatoms. The van der Waals surface area contributed by atoms with E-state index in [4.69, 9.17) is 14.2 Å². The number of ether oxygens (including phenoxy) is 3. The Kier molecular flexibility index (Phi) is 10.8. The first-order valence-corrected chi connectivity index (χ1v) is 12.8. The molecule has 2 amide bonds. The second-order valence-corrected chi connectivity index (χ2v) is 8.67. The summed E-state index contributed by atoms with van der Waals surface area (Å²) >= 11 is 1.24. The highest BCUT2D eigenvalue weighted by atomic mass is 32.2. The van der Waals surface area contributed by atoms with Crippen LogP contribution in [0.1, 0.15) is 18.3 Å². The molecule has 38 heavy (non-hydrogen) atoms. The van der Waals surface area contributed by atoms with Gasteiger partial charge in [0.15, 0.2) is 22.5 Å². The van der Waals surface area contributed by atoms with Crippen molar-refractivity contribution >= 4 is 35.3 Å². The summed E-state index contributed by atoms with van der Waals surface area (Å²) in [7, 11) is 3.12. The SMILES string of the molecule is C=CCn1c(CNC(=O)/C=C/c2ccc(OC)c(OC)c2)nnc1SCC(=O)Nc1ccccc1OCC. The molecular formula is C27H31N5O5S. The Morgan fingerprint density at radius 3 is 2.61 bits per heavy atom. The second kappa shape index (κ2) is 14.5. The van der Waals surface area contributed by atoms with Crippen molar-refractivity contribution in [3.05, 3.63) is 72.6 Å². The maximum absolute atomic E-state index is 12.6. The maximum Gasteiger partial charge on any atom is 0.244 e. The van der Waals surface area contributed by atoms with Gasteiger partial charge in [-0.25, -0.2) is 0 Å². The lowest BCUT2D eigenvalue weighted by atomic mass is 10.2. The van der Waals surface area contributed by atoms with Crippen LogP contribution in [0.3, 0.4) is 0 Å². The molecule has 0 spiro atoms. The first-order valence-electron chi connectivity index (χ1n) is 11.8. The van der Waals surface area contributed by atoms with E-state index in [1.54, 1.807) is 55.2 Å². The Morgan fingerprint density at radius 2 is 1.87 bits per heavy atom. The second-order valence-electron chi connectivity index (χ2n) is 7.73. The highest BCUT2D eigenvalue weighted by molar-refractivity contribution is 7.99. The van der Waals surface area contributed by atoms with E-state index in [0.717, 1.165) is 5.56 Å². The third kappa shape index (κ3) is 7.87. The largest absolute Gasteiger partial charge is 0.493 e. The number of para-hydroxylation sites is 2. The molecule has 10 nitrogen and oxygen atoms in total. The van der Waals surface area contributed by atoms with Crippen molar-refractivity contribution < 1.29 is 23.8 Å². The van der Waals surface area contributed by atoms with E-state index in [0.29, 0.717) is 47.1 Å². The van der Waals surface area contributed by atoms with E-state index < -0.39 is 0 Å². The Labute approximate surface area is 226 Å². The number of anilines is 1. The molecule has 0 aliphatic heterocycles. The molecule has 0 fully saturated rings. The normalized spacial score (nSPS) is 10.7. The number of hydrogen-bond acceptors (Lipinski definition) is 8. The number of nitrogens with zero attached hydrogens (tertiary/aromatic N) is 3. The number of carbonyl (C=O) groups excluding carboxylic acids is 2. The van der Waals surface area contributed by atoms with Crippen LogP contribution in [0.5, 0.6) is 17.2 Å². The molecule has 2 aromatic carbocycles. The fourth-order valence-corrected chi connectivity index (χ4v) is 4.16. The summed E-state index contributed by atoms with van der Waals surface area (Å²) in [6.07, 6.45) is 4.80. The quantitative estimate of drug-likeness (QED) is 0.180. The molecule has 200 valence electrons. The Balaban J connectivity index is 1.58. The van der Waals surface area contributed by atoms with E-state index in [-0.39, 0.29) is 24.1 Å².